The lowest BCUT2D eigenvalue weighted by molar-refractivity contribution is 0.393. The predicted octanol–water partition coefficient (Wildman–Crippen LogP) is 1.45. The van der Waals surface area contributed by atoms with E-state index in [1.54, 1.807) is 13.4 Å². The van der Waals surface area contributed by atoms with E-state index < -0.39 is 0 Å². The van der Waals surface area contributed by atoms with E-state index in [9.17, 15) is 0 Å². The second kappa shape index (κ2) is 5.74. The first-order chi connectivity index (χ1) is 9.35. The highest BCUT2D eigenvalue weighted by atomic mass is 16.5. The molecule has 0 atom stereocenters. The van der Waals surface area contributed by atoms with Crippen LogP contribution in [0.3, 0.4) is 0 Å². The Morgan fingerprint density at radius 3 is 2.74 bits per heavy atom. The van der Waals surface area contributed by atoms with Crippen molar-refractivity contribution in [2.24, 2.45) is 5.92 Å². The van der Waals surface area contributed by atoms with Crippen molar-refractivity contribution in [1.82, 2.24) is 15.3 Å². The molecular weight excluding hydrogens is 240 g/mol. The van der Waals surface area contributed by atoms with Gasteiger partial charge in [-0.1, -0.05) is 0 Å². The quantitative estimate of drug-likeness (QED) is 0.870. The van der Waals surface area contributed by atoms with Crippen LogP contribution in [0.1, 0.15) is 25.7 Å². The Morgan fingerprint density at radius 2 is 2.05 bits per heavy atom. The number of piperidine rings is 1. The first kappa shape index (κ1) is 12.7. The molecule has 1 N–H and O–H groups in total. The number of anilines is 1. The summed E-state index contributed by atoms with van der Waals surface area (Å²) in [6, 6.07) is 2.60. The summed E-state index contributed by atoms with van der Waals surface area (Å²) in [5, 5.41) is 3.69. The normalized spacial score (nSPS) is 20.6. The molecule has 1 saturated carbocycles. The smallest absolute Gasteiger partial charge is 0.218 e. The summed E-state index contributed by atoms with van der Waals surface area (Å²) in [5.41, 5.74) is 0. The predicted molar refractivity (Wildman–Crippen MR) is 74.5 cm³/mol. The molecule has 104 valence electrons. The number of nitrogens with one attached hydrogen (secondary N) is 1. The summed E-state index contributed by atoms with van der Waals surface area (Å²) < 4.78 is 5.15. The second-order valence-corrected chi connectivity index (χ2v) is 5.53. The van der Waals surface area contributed by atoms with Gasteiger partial charge in [0.1, 0.15) is 12.1 Å². The van der Waals surface area contributed by atoms with Crippen LogP contribution in [0.5, 0.6) is 5.88 Å². The van der Waals surface area contributed by atoms with Crippen molar-refractivity contribution >= 4 is 5.82 Å². The zero-order valence-corrected chi connectivity index (χ0v) is 11.5. The number of rotatable bonds is 5. The number of nitrogens with zero attached hydrogens (tertiary/aromatic N) is 3. The van der Waals surface area contributed by atoms with Crippen LogP contribution in [0, 0.1) is 5.92 Å². The first-order valence-corrected chi connectivity index (χ1v) is 7.19. The average Bonchev–Trinajstić information content (AvgIpc) is 3.30. The first-order valence-electron chi connectivity index (χ1n) is 7.19. The zero-order valence-electron chi connectivity index (χ0n) is 11.5. The number of ether oxygens (including phenoxy) is 1. The lowest BCUT2D eigenvalue weighted by Gasteiger charge is -2.33. The van der Waals surface area contributed by atoms with Gasteiger partial charge in [-0.15, -0.1) is 0 Å². The van der Waals surface area contributed by atoms with E-state index in [0.717, 1.165) is 24.8 Å². The van der Waals surface area contributed by atoms with Crippen LogP contribution in [-0.2, 0) is 0 Å². The Labute approximate surface area is 114 Å². The molecule has 0 radical (unpaired) electrons. The molecule has 1 aliphatic carbocycles. The van der Waals surface area contributed by atoms with Crippen molar-refractivity contribution < 1.29 is 4.74 Å². The average molecular weight is 262 g/mol. The van der Waals surface area contributed by atoms with E-state index in [2.05, 4.69) is 20.2 Å². The van der Waals surface area contributed by atoms with Crippen molar-refractivity contribution in [2.75, 3.05) is 31.6 Å². The third-order valence-corrected chi connectivity index (χ3v) is 4.05. The van der Waals surface area contributed by atoms with Crippen molar-refractivity contribution in [2.45, 2.75) is 31.7 Å². The van der Waals surface area contributed by atoms with Gasteiger partial charge in [0, 0.05) is 25.2 Å². The number of hydrogen-bond donors (Lipinski definition) is 1. The Morgan fingerprint density at radius 1 is 1.26 bits per heavy atom. The van der Waals surface area contributed by atoms with E-state index in [0.29, 0.717) is 11.9 Å². The van der Waals surface area contributed by atoms with Crippen LogP contribution in [-0.4, -0.2) is 42.8 Å². The maximum absolute atomic E-state index is 5.15. The zero-order chi connectivity index (χ0) is 13.1. The van der Waals surface area contributed by atoms with Gasteiger partial charge in [-0.25, -0.2) is 9.97 Å². The topological polar surface area (TPSA) is 50.3 Å². The number of methoxy groups -OCH3 is 1. The second-order valence-electron chi connectivity index (χ2n) is 5.53. The molecule has 0 amide bonds. The Bertz CT molecular complexity index is 414. The fourth-order valence-electron chi connectivity index (χ4n) is 2.58. The van der Waals surface area contributed by atoms with E-state index in [1.165, 1.54) is 32.2 Å². The molecule has 0 aromatic carbocycles. The fraction of sp³-hybridized carbons (Fsp3) is 0.714. The van der Waals surface area contributed by atoms with Crippen molar-refractivity contribution in [1.29, 1.82) is 0 Å². The standard InChI is InChI=1S/C14H22N4O/c1-19-14-8-13(16-10-17-14)18-6-4-12(5-7-18)15-9-11-2-3-11/h8,10-12,15H,2-7,9H2,1H3. The molecule has 1 saturated heterocycles. The monoisotopic (exact) mass is 262 g/mol. The maximum atomic E-state index is 5.15. The van der Waals surface area contributed by atoms with E-state index >= 15 is 0 Å². The number of hydrogen-bond acceptors (Lipinski definition) is 5. The highest BCUT2D eigenvalue weighted by Gasteiger charge is 2.24. The number of aromatic nitrogens is 2. The Kier molecular flexibility index (Phi) is 3.82. The minimum absolute atomic E-state index is 0.638. The van der Waals surface area contributed by atoms with Crippen LogP contribution in [0.2, 0.25) is 0 Å². The highest BCUT2D eigenvalue weighted by molar-refractivity contribution is 5.41. The van der Waals surface area contributed by atoms with Crippen molar-refractivity contribution in [3.05, 3.63) is 12.4 Å². The molecule has 19 heavy (non-hydrogen) atoms. The Balaban J connectivity index is 1.50. The van der Waals surface area contributed by atoms with Crippen LogP contribution in [0.15, 0.2) is 12.4 Å². The fourth-order valence-corrected chi connectivity index (χ4v) is 2.58. The van der Waals surface area contributed by atoms with Gasteiger partial charge in [0.05, 0.1) is 7.11 Å². The van der Waals surface area contributed by atoms with Gasteiger partial charge in [0.15, 0.2) is 0 Å². The molecule has 0 unspecified atom stereocenters. The molecule has 2 fully saturated rings. The van der Waals surface area contributed by atoms with Gasteiger partial charge in [-0.3, -0.25) is 0 Å². The molecule has 5 nitrogen and oxygen atoms in total. The highest BCUT2D eigenvalue weighted by Crippen LogP contribution is 2.28. The van der Waals surface area contributed by atoms with Gasteiger partial charge in [-0.05, 0) is 38.1 Å². The molecule has 2 heterocycles. The molecule has 1 aromatic rings. The largest absolute Gasteiger partial charge is 0.481 e. The molecule has 2 aliphatic rings. The van der Waals surface area contributed by atoms with E-state index in [-0.39, 0.29) is 0 Å². The van der Waals surface area contributed by atoms with Gasteiger partial charge in [0.2, 0.25) is 5.88 Å². The summed E-state index contributed by atoms with van der Waals surface area (Å²) >= 11 is 0. The molecule has 1 aliphatic heterocycles. The Hall–Kier alpha value is -1.36. The van der Waals surface area contributed by atoms with Gasteiger partial charge < -0.3 is 15.0 Å². The lowest BCUT2D eigenvalue weighted by Crippen LogP contribution is -2.43. The van der Waals surface area contributed by atoms with Crippen LogP contribution >= 0.6 is 0 Å². The van der Waals surface area contributed by atoms with Crippen LogP contribution in [0.4, 0.5) is 5.82 Å². The summed E-state index contributed by atoms with van der Waals surface area (Å²) in [6.45, 7) is 3.33. The van der Waals surface area contributed by atoms with Gasteiger partial charge in [-0.2, -0.15) is 0 Å². The summed E-state index contributed by atoms with van der Waals surface area (Å²) in [4.78, 5) is 10.7. The minimum atomic E-state index is 0.638. The third-order valence-electron chi connectivity index (χ3n) is 4.05. The summed E-state index contributed by atoms with van der Waals surface area (Å²) in [7, 11) is 1.64. The lowest BCUT2D eigenvalue weighted by atomic mass is 10.0. The van der Waals surface area contributed by atoms with Crippen LogP contribution < -0.4 is 15.0 Å². The SMILES string of the molecule is COc1cc(N2CCC(NCC3CC3)CC2)ncn1. The van der Waals surface area contributed by atoms with E-state index in [1.807, 2.05) is 6.07 Å². The van der Waals surface area contributed by atoms with Crippen molar-refractivity contribution in [3.8, 4) is 5.88 Å². The minimum Gasteiger partial charge on any atom is -0.481 e. The molecule has 5 heteroatoms. The molecule has 0 spiro atoms. The third kappa shape index (κ3) is 3.35. The molecular formula is C14H22N4O. The van der Waals surface area contributed by atoms with Gasteiger partial charge in [0.25, 0.3) is 0 Å². The van der Waals surface area contributed by atoms with Crippen molar-refractivity contribution in [3.63, 3.8) is 0 Å². The summed E-state index contributed by atoms with van der Waals surface area (Å²) in [6.07, 6.45) is 6.81. The maximum Gasteiger partial charge on any atom is 0.218 e. The van der Waals surface area contributed by atoms with Gasteiger partial charge >= 0.3 is 0 Å². The summed E-state index contributed by atoms with van der Waals surface area (Å²) in [5.74, 6) is 2.58. The van der Waals surface area contributed by atoms with Crippen LogP contribution in [0.25, 0.3) is 0 Å². The molecule has 1 aromatic heterocycles. The molecule has 0 bridgehead atoms. The van der Waals surface area contributed by atoms with E-state index in [4.69, 9.17) is 4.74 Å². The molecule has 3 rings (SSSR count).